The Morgan fingerprint density at radius 3 is 2.34 bits per heavy atom. The van der Waals surface area contributed by atoms with Gasteiger partial charge in [-0.2, -0.15) is 0 Å². The van der Waals surface area contributed by atoms with E-state index in [1.165, 1.54) is 18.1 Å². The quantitative estimate of drug-likeness (QED) is 0.284. The number of ether oxygens (including phenoxy) is 2. The summed E-state index contributed by atoms with van der Waals surface area (Å²) in [5, 5.41) is 21.3. The number of rotatable bonds is 11. The number of carbonyl (C=O) groups is 2. The summed E-state index contributed by atoms with van der Waals surface area (Å²) in [4.78, 5) is 30.0. The van der Waals surface area contributed by atoms with Crippen LogP contribution in [0.5, 0.6) is 17.2 Å². The van der Waals surface area contributed by atoms with E-state index in [1.54, 1.807) is 36.4 Å². The van der Waals surface area contributed by atoms with Crippen LogP contribution in [0.1, 0.15) is 44.4 Å². The second-order valence-corrected chi connectivity index (χ2v) is 8.32. The minimum absolute atomic E-state index is 0.00418. The van der Waals surface area contributed by atoms with Crippen LogP contribution in [0, 0.1) is 0 Å². The van der Waals surface area contributed by atoms with Gasteiger partial charge in [0, 0.05) is 18.7 Å². The third-order valence-electron chi connectivity index (χ3n) is 6.21. The van der Waals surface area contributed by atoms with Crippen LogP contribution in [0.2, 0.25) is 0 Å². The zero-order chi connectivity index (χ0) is 25.5. The van der Waals surface area contributed by atoms with Crippen molar-refractivity contribution in [1.82, 2.24) is 9.80 Å². The average Bonchev–Trinajstić information content (AvgIpc) is 3.13. The Hall–Kier alpha value is -3.52. The minimum atomic E-state index is -0.823. The molecule has 0 bridgehead atoms. The number of likely N-dealkylation sites (tertiary alicyclic amines) is 1. The Morgan fingerprint density at radius 2 is 1.74 bits per heavy atom. The molecule has 0 spiro atoms. The number of hydrogen-bond acceptors (Lipinski definition) is 7. The molecule has 0 aliphatic carbocycles. The van der Waals surface area contributed by atoms with Gasteiger partial charge in [-0.15, -0.1) is 0 Å². The fourth-order valence-electron chi connectivity index (χ4n) is 4.19. The van der Waals surface area contributed by atoms with Crippen LogP contribution in [-0.2, 0) is 9.59 Å². The highest BCUT2D eigenvalue weighted by Gasteiger charge is 2.46. The molecule has 1 atom stereocenters. The highest BCUT2D eigenvalue weighted by Crippen LogP contribution is 2.41. The lowest BCUT2D eigenvalue weighted by molar-refractivity contribution is -0.140. The molecule has 1 aliphatic rings. The van der Waals surface area contributed by atoms with Crippen molar-refractivity contribution in [2.45, 2.75) is 33.2 Å². The summed E-state index contributed by atoms with van der Waals surface area (Å²) in [7, 11) is 1.43. The van der Waals surface area contributed by atoms with Crippen LogP contribution in [0.4, 0.5) is 0 Å². The predicted octanol–water partition coefficient (Wildman–Crippen LogP) is 3.95. The molecular weight excluding hydrogens is 448 g/mol. The minimum Gasteiger partial charge on any atom is -0.507 e. The molecule has 0 radical (unpaired) electrons. The normalized spacial score (nSPS) is 17.3. The van der Waals surface area contributed by atoms with Crippen molar-refractivity contribution in [3.8, 4) is 17.2 Å². The zero-order valence-electron chi connectivity index (χ0n) is 20.8. The molecular formula is C27H34N2O6. The third-order valence-corrected chi connectivity index (χ3v) is 6.21. The third kappa shape index (κ3) is 5.59. The van der Waals surface area contributed by atoms with Crippen molar-refractivity contribution in [3.63, 3.8) is 0 Å². The lowest BCUT2D eigenvalue weighted by Gasteiger charge is -2.28. The van der Waals surface area contributed by atoms with Gasteiger partial charge in [0.1, 0.15) is 11.5 Å². The van der Waals surface area contributed by atoms with Crippen LogP contribution >= 0.6 is 0 Å². The standard InChI is InChI=1S/C27H34N2O6/c1-5-16-35-20-11-8-18(9-12-20)25(31)23-24(19-10-13-21(30)22(17-19)34-4)29(27(33)26(23)32)15-14-28(6-2)7-3/h8-13,17,24,30-31H,5-7,14-16H2,1-4H3/b25-23+/t24-/m0/s1. The summed E-state index contributed by atoms with van der Waals surface area (Å²) in [6.45, 7) is 9.16. The smallest absolute Gasteiger partial charge is 0.295 e. The van der Waals surface area contributed by atoms with Gasteiger partial charge in [-0.05, 0) is 61.5 Å². The summed E-state index contributed by atoms with van der Waals surface area (Å²) in [6.07, 6.45) is 0.870. The van der Waals surface area contributed by atoms with Gasteiger partial charge in [0.2, 0.25) is 0 Å². The molecule has 8 nitrogen and oxygen atoms in total. The van der Waals surface area contributed by atoms with Gasteiger partial charge in [-0.25, -0.2) is 0 Å². The number of carbonyl (C=O) groups excluding carboxylic acids is 2. The Bertz CT molecular complexity index is 1080. The first kappa shape index (κ1) is 26.1. The monoisotopic (exact) mass is 482 g/mol. The van der Waals surface area contributed by atoms with E-state index in [1.807, 2.05) is 20.8 Å². The zero-order valence-corrected chi connectivity index (χ0v) is 20.8. The van der Waals surface area contributed by atoms with Gasteiger partial charge in [0.25, 0.3) is 11.7 Å². The second kappa shape index (κ2) is 11.8. The second-order valence-electron chi connectivity index (χ2n) is 8.32. The van der Waals surface area contributed by atoms with E-state index in [9.17, 15) is 19.8 Å². The summed E-state index contributed by atoms with van der Waals surface area (Å²) in [6, 6.07) is 10.6. The summed E-state index contributed by atoms with van der Waals surface area (Å²) in [5.41, 5.74) is 0.971. The van der Waals surface area contributed by atoms with Gasteiger partial charge in [0.15, 0.2) is 11.5 Å². The molecule has 3 rings (SSSR count). The molecule has 0 aromatic heterocycles. The molecule has 2 aromatic carbocycles. The lowest BCUT2D eigenvalue weighted by Crippen LogP contribution is -2.38. The number of nitrogens with zero attached hydrogens (tertiary/aromatic N) is 2. The van der Waals surface area contributed by atoms with Crippen molar-refractivity contribution in [2.24, 2.45) is 0 Å². The molecule has 2 aromatic rings. The number of aliphatic hydroxyl groups is 1. The molecule has 0 saturated carbocycles. The first-order chi connectivity index (χ1) is 16.9. The highest BCUT2D eigenvalue weighted by molar-refractivity contribution is 6.46. The first-order valence-electron chi connectivity index (χ1n) is 12.0. The van der Waals surface area contributed by atoms with Crippen molar-refractivity contribution in [1.29, 1.82) is 0 Å². The molecule has 2 N–H and O–H groups in total. The molecule has 188 valence electrons. The Morgan fingerprint density at radius 1 is 1.06 bits per heavy atom. The van der Waals surface area contributed by atoms with E-state index < -0.39 is 17.7 Å². The summed E-state index contributed by atoms with van der Waals surface area (Å²) < 4.78 is 10.9. The number of ketones is 1. The van der Waals surface area contributed by atoms with E-state index in [4.69, 9.17) is 9.47 Å². The highest BCUT2D eigenvalue weighted by atomic mass is 16.5. The average molecular weight is 483 g/mol. The number of likely N-dealkylation sites (N-methyl/N-ethyl adjacent to an activating group) is 1. The number of aliphatic hydroxyl groups excluding tert-OH is 1. The summed E-state index contributed by atoms with van der Waals surface area (Å²) in [5.74, 6) is -0.854. The fraction of sp³-hybridized carbons (Fsp3) is 0.407. The molecule has 1 aliphatic heterocycles. The number of methoxy groups -OCH3 is 1. The van der Waals surface area contributed by atoms with Crippen LogP contribution in [0.25, 0.3) is 5.76 Å². The van der Waals surface area contributed by atoms with Gasteiger partial charge < -0.3 is 29.5 Å². The number of Topliss-reactive ketones (excluding diaryl/α,β-unsaturated/α-hetero) is 1. The molecule has 35 heavy (non-hydrogen) atoms. The van der Waals surface area contributed by atoms with Gasteiger partial charge in [-0.3, -0.25) is 9.59 Å². The molecule has 1 amide bonds. The number of aromatic hydroxyl groups is 1. The molecule has 1 heterocycles. The Labute approximate surface area is 206 Å². The van der Waals surface area contributed by atoms with Crippen molar-refractivity contribution in [3.05, 3.63) is 59.2 Å². The van der Waals surface area contributed by atoms with E-state index in [2.05, 4.69) is 4.90 Å². The first-order valence-corrected chi connectivity index (χ1v) is 12.0. The van der Waals surface area contributed by atoms with Crippen LogP contribution < -0.4 is 9.47 Å². The maximum absolute atomic E-state index is 13.2. The Balaban J connectivity index is 2.08. The van der Waals surface area contributed by atoms with E-state index in [0.29, 0.717) is 36.6 Å². The van der Waals surface area contributed by atoms with Crippen molar-refractivity contribution >= 4 is 17.4 Å². The largest absolute Gasteiger partial charge is 0.507 e. The number of hydrogen-bond donors (Lipinski definition) is 2. The van der Waals surface area contributed by atoms with Crippen LogP contribution in [0.15, 0.2) is 48.0 Å². The number of amides is 1. The number of phenolic OH excluding ortho intramolecular Hbond substituents is 1. The van der Waals surface area contributed by atoms with Gasteiger partial charge in [0.05, 0.1) is 25.3 Å². The van der Waals surface area contributed by atoms with E-state index in [-0.39, 0.29) is 22.8 Å². The molecule has 8 heteroatoms. The van der Waals surface area contributed by atoms with Crippen LogP contribution in [-0.4, -0.2) is 71.6 Å². The van der Waals surface area contributed by atoms with Crippen LogP contribution in [0.3, 0.4) is 0 Å². The lowest BCUT2D eigenvalue weighted by atomic mass is 9.95. The SMILES string of the molecule is CCCOc1ccc(/C(O)=C2\C(=O)C(=O)N(CCN(CC)CC)[C@H]2c2ccc(O)c(OC)c2)cc1. The van der Waals surface area contributed by atoms with E-state index in [0.717, 1.165) is 19.5 Å². The number of phenols is 1. The maximum Gasteiger partial charge on any atom is 0.295 e. The molecule has 1 saturated heterocycles. The molecule has 0 unspecified atom stereocenters. The van der Waals surface area contributed by atoms with Gasteiger partial charge >= 0.3 is 0 Å². The van der Waals surface area contributed by atoms with Gasteiger partial charge in [-0.1, -0.05) is 26.8 Å². The summed E-state index contributed by atoms with van der Waals surface area (Å²) >= 11 is 0. The van der Waals surface area contributed by atoms with E-state index >= 15 is 0 Å². The number of benzene rings is 2. The topological polar surface area (TPSA) is 99.5 Å². The van der Waals surface area contributed by atoms with Crippen molar-refractivity contribution in [2.75, 3.05) is 39.9 Å². The van der Waals surface area contributed by atoms with Crippen molar-refractivity contribution < 1.29 is 29.3 Å². The maximum atomic E-state index is 13.2. The Kier molecular flexibility index (Phi) is 8.76. The fourth-order valence-corrected chi connectivity index (χ4v) is 4.19. The molecule has 1 fully saturated rings. The predicted molar refractivity (Wildman–Crippen MR) is 134 cm³/mol.